The summed E-state index contributed by atoms with van der Waals surface area (Å²) < 4.78 is 22.4. The number of primary amides is 1. The van der Waals surface area contributed by atoms with Gasteiger partial charge in [-0.3, -0.25) is 9.59 Å². The molecule has 210 valence electrons. The summed E-state index contributed by atoms with van der Waals surface area (Å²) in [4.78, 5) is 26.8. The number of rotatable bonds is 13. The minimum Gasteiger partial charge on any atom is -0.463 e. The third-order valence-electron chi connectivity index (χ3n) is 6.14. The number of hydrogen-bond donors (Lipinski definition) is 7. The molecule has 0 spiro atoms. The van der Waals surface area contributed by atoms with Crippen LogP contribution < -0.4 is 5.73 Å². The van der Waals surface area contributed by atoms with Crippen LogP contribution in [-0.4, -0.2) is 126 Å². The van der Waals surface area contributed by atoms with E-state index in [2.05, 4.69) is 10.1 Å². The first-order valence-electron chi connectivity index (χ1n) is 11.9. The quantitative estimate of drug-likeness (QED) is 0.0951. The molecular weight excluding hydrogens is 500 g/mol. The molecule has 7 unspecified atom stereocenters. The van der Waals surface area contributed by atoms with Gasteiger partial charge in [0.2, 0.25) is 5.82 Å². The van der Waals surface area contributed by atoms with Gasteiger partial charge in [0.05, 0.1) is 6.61 Å². The number of esters is 1. The lowest BCUT2D eigenvalue weighted by Crippen LogP contribution is -2.59. The topological polar surface area (TPSA) is 249 Å². The smallest absolute Gasteiger partial charge is 0.305 e. The Bertz CT molecular complexity index is 885. The number of carbonyl (C=O) groups is 2. The molecule has 1 aromatic heterocycles. The molecule has 1 amide bonds. The third kappa shape index (κ3) is 7.40. The van der Waals surface area contributed by atoms with Gasteiger partial charge < -0.3 is 55.3 Å². The summed E-state index contributed by atoms with van der Waals surface area (Å²) in [5.41, 5.74) is 5.09. The number of nitrogens with zero attached hydrogens (tertiary/aromatic N) is 3. The molecule has 37 heavy (non-hydrogen) atoms. The molecule has 0 radical (unpaired) electrons. The first-order valence-corrected chi connectivity index (χ1v) is 11.9. The number of hydrogen-bond acceptors (Lipinski definition) is 14. The zero-order chi connectivity index (χ0) is 27.1. The van der Waals surface area contributed by atoms with Crippen LogP contribution in [0.2, 0.25) is 0 Å². The molecule has 3 rings (SSSR count). The van der Waals surface area contributed by atoms with Gasteiger partial charge >= 0.3 is 5.97 Å². The highest BCUT2D eigenvalue weighted by Crippen LogP contribution is 2.29. The van der Waals surface area contributed by atoms with Gasteiger partial charge in [0.1, 0.15) is 55.7 Å². The molecule has 0 aliphatic carbocycles. The van der Waals surface area contributed by atoms with Crippen molar-refractivity contribution in [1.82, 2.24) is 14.8 Å². The number of carbonyl (C=O) groups excluding carboxylic acids is 2. The number of nitrogens with two attached hydrogens (primary N) is 1. The number of ether oxygens (including phenoxy) is 4. The Kier molecular flexibility index (Phi) is 10.7. The molecule has 2 aliphatic heterocycles. The molecule has 1 aromatic rings. The van der Waals surface area contributed by atoms with Crippen molar-refractivity contribution in [1.29, 1.82) is 0 Å². The fraction of sp³-hybridized carbons (Fsp3) is 0.810. The van der Waals surface area contributed by atoms with E-state index >= 15 is 0 Å². The average Bonchev–Trinajstić information content (AvgIpc) is 3.47. The van der Waals surface area contributed by atoms with Gasteiger partial charge in [-0.15, -0.1) is 5.10 Å². The van der Waals surface area contributed by atoms with Gasteiger partial charge in [-0.2, -0.15) is 0 Å². The monoisotopic (exact) mass is 534 g/mol. The number of amides is 1. The fourth-order valence-corrected chi connectivity index (χ4v) is 3.97. The second-order valence-corrected chi connectivity index (χ2v) is 8.87. The molecule has 2 saturated heterocycles. The van der Waals surface area contributed by atoms with Crippen LogP contribution in [0.15, 0.2) is 6.33 Å². The highest BCUT2D eigenvalue weighted by atomic mass is 16.7. The minimum absolute atomic E-state index is 0.118. The number of aliphatic hydroxyl groups is 6. The molecule has 0 bridgehead atoms. The SMILES string of the molecule is NC(=O)c1ncn(C2OC(COC(=O)CCCCCCOC3OC(CO)C(O)C(O)C3O)[C@@H](O)[C@H]2O)n1. The van der Waals surface area contributed by atoms with Crippen LogP contribution in [0.5, 0.6) is 0 Å². The van der Waals surface area contributed by atoms with E-state index in [9.17, 15) is 40.2 Å². The summed E-state index contributed by atoms with van der Waals surface area (Å²) in [5, 5.41) is 62.8. The van der Waals surface area contributed by atoms with E-state index in [1.807, 2.05) is 0 Å². The molecule has 9 atom stereocenters. The van der Waals surface area contributed by atoms with Crippen LogP contribution in [0.3, 0.4) is 0 Å². The summed E-state index contributed by atoms with van der Waals surface area (Å²) >= 11 is 0. The van der Waals surface area contributed by atoms with Crippen LogP contribution in [0.4, 0.5) is 0 Å². The lowest BCUT2D eigenvalue weighted by atomic mass is 9.99. The van der Waals surface area contributed by atoms with Crippen molar-refractivity contribution in [3.63, 3.8) is 0 Å². The summed E-state index contributed by atoms with van der Waals surface area (Å²) in [6.07, 6.45) is -7.79. The van der Waals surface area contributed by atoms with Gasteiger partial charge in [0, 0.05) is 13.0 Å². The molecule has 2 fully saturated rings. The van der Waals surface area contributed by atoms with Crippen LogP contribution in [0, 0.1) is 0 Å². The molecule has 16 heteroatoms. The zero-order valence-electron chi connectivity index (χ0n) is 20.0. The molecule has 0 aromatic carbocycles. The van der Waals surface area contributed by atoms with Gasteiger partial charge in [0.25, 0.3) is 5.91 Å². The standard InChI is InChI=1S/C21H34N4O12/c22-18(33)19-23-9-25(24-19)20-16(31)14(29)11(36-20)8-35-12(27)5-3-1-2-4-6-34-21-17(32)15(30)13(28)10(7-26)37-21/h9-11,13-17,20-21,26,28-32H,1-8H2,(H2,22,33)/t10?,11?,13?,14-,15?,16-,17?,20?,21?/m1/s1. The Hall–Kier alpha value is -2.28. The van der Waals surface area contributed by atoms with E-state index in [0.29, 0.717) is 25.7 Å². The van der Waals surface area contributed by atoms with Crippen molar-refractivity contribution < 1.29 is 59.2 Å². The maximum Gasteiger partial charge on any atom is 0.305 e. The molecule has 8 N–H and O–H groups in total. The van der Waals surface area contributed by atoms with Crippen LogP contribution >= 0.6 is 0 Å². The van der Waals surface area contributed by atoms with Crippen LogP contribution in [0.25, 0.3) is 0 Å². The minimum atomic E-state index is -1.50. The first kappa shape index (κ1) is 29.3. The van der Waals surface area contributed by atoms with Gasteiger partial charge in [-0.1, -0.05) is 12.8 Å². The number of aliphatic hydroxyl groups excluding tert-OH is 6. The van der Waals surface area contributed by atoms with Gasteiger partial charge in [-0.25, -0.2) is 9.67 Å². The van der Waals surface area contributed by atoms with Crippen molar-refractivity contribution in [3.05, 3.63) is 12.2 Å². The molecule has 16 nitrogen and oxygen atoms in total. The van der Waals surface area contributed by atoms with Crippen molar-refractivity contribution in [3.8, 4) is 0 Å². The fourth-order valence-electron chi connectivity index (χ4n) is 3.97. The largest absolute Gasteiger partial charge is 0.463 e. The van der Waals surface area contributed by atoms with E-state index in [0.717, 1.165) is 11.0 Å². The lowest BCUT2D eigenvalue weighted by molar-refractivity contribution is -0.301. The van der Waals surface area contributed by atoms with Crippen molar-refractivity contribution in [2.75, 3.05) is 19.8 Å². The highest BCUT2D eigenvalue weighted by Gasteiger charge is 2.45. The molecule has 3 heterocycles. The lowest BCUT2D eigenvalue weighted by Gasteiger charge is -2.39. The average molecular weight is 535 g/mol. The molecule has 2 aliphatic rings. The van der Waals surface area contributed by atoms with E-state index in [1.165, 1.54) is 0 Å². The summed E-state index contributed by atoms with van der Waals surface area (Å²) in [6.45, 7) is -0.633. The second-order valence-electron chi connectivity index (χ2n) is 8.87. The summed E-state index contributed by atoms with van der Waals surface area (Å²) in [7, 11) is 0. The molecular formula is C21H34N4O12. The maximum absolute atomic E-state index is 12.0. The Labute approximate surface area is 211 Å². The van der Waals surface area contributed by atoms with E-state index in [1.54, 1.807) is 0 Å². The Balaban J connectivity index is 1.28. The predicted molar refractivity (Wildman–Crippen MR) is 118 cm³/mol. The third-order valence-corrected chi connectivity index (χ3v) is 6.14. The summed E-state index contributed by atoms with van der Waals surface area (Å²) in [6, 6.07) is 0. The van der Waals surface area contributed by atoms with Crippen molar-refractivity contribution >= 4 is 11.9 Å². The highest BCUT2D eigenvalue weighted by molar-refractivity contribution is 5.88. The Morgan fingerprint density at radius 1 is 0.946 bits per heavy atom. The van der Waals surface area contributed by atoms with Crippen molar-refractivity contribution in [2.24, 2.45) is 5.73 Å². The van der Waals surface area contributed by atoms with E-state index in [4.69, 9.17) is 24.7 Å². The Morgan fingerprint density at radius 2 is 1.65 bits per heavy atom. The number of aromatic nitrogens is 3. The van der Waals surface area contributed by atoms with E-state index < -0.39 is 73.7 Å². The normalized spacial score (nSPS) is 33.9. The van der Waals surface area contributed by atoms with Gasteiger partial charge in [0.15, 0.2) is 12.5 Å². The zero-order valence-corrected chi connectivity index (χ0v) is 20.0. The summed E-state index contributed by atoms with van der Waals surface area (Å²) in [5.74, 6) is -1.65. The number of unbranched alkanes of at least 4 members (excludes halogenated alkanes) is 3. The maximum atomic E-state index is 12.0. The first-order chi connectivity index (χ1) is 17.6. The van der Waals surface area contributed by atoms with Crippen molar-refractivity contribution in [2.45, 2.75) is 87.3 Å². The van der Waals surface area contributed by atoms with Crippen LogP contribution in [0.1, 0.15) is 49.0 Å². The molecule has 0 saturated carbocycles. The predicted octanol–water partition coefficient (Wildman–Crippen LogP) is -3.69. The van der Waals surface area contributed by atoms with Crippen LogP contribution in [-0.2, 0) is 23.7 Å². The van der Waals surface area contributed by atoms with Gasteiger partial charge in [-0.05, 0) is 12.8 Å². The second kappa shape index (κ2) is 13.5. The van der Waals surface area contributed by atoms with E-state index in [-0.39, 0.29) is 25.5 Å². The Morgan fingerprint density at radius 3 is 2.32 bits per heavy atom.